The predicted molar refractivity (Wildman–Crippen MR) is 72.3 cm³/mol. The Labute approximate surface area is 112 Å². The lowest BCUT2D eigenvalue weighted by Gasteiger charge is -2.29. The van der Waals surface area contributed by atoms with Crippen LogP contribution in [0, 0.1) is 12.7 Å². The molecule has 19 heavy (non-hydrogen) atoms. The second-order valence-corrected chi connectivity index (χ2v) is 5.34. The Morgan fingerprint density at radius 1 is 1.47 bits per heavy atom. The van der Waals surface area contributed by atoms with Gasteiger partial charge in [-0.3, -0.25) is 0 Å². The number of benzene rings is 1. The van der Waals surface area contributed by atoms with E-state index in [1.165, 1.54) is 6.07 Å². The lowest BCUT2D eigenvalue weighted by molar-refractivity contribution is 0.0340. The quantitative estimate of drug-likeness (QED) is 0.861. The molecule has 0 fully saturated rings. The summed E-state index contributed by atoms with van der Waals surface area (Å²) in [5, 5.41) is 0. The van der Waals surface area contributed by atoms with Crippen LogP contribution in [0.1, 0.15) is 37.3 Å². The van der Waals surface area contributed by atoms with Crippen molar-refractivity contribution in [3.63, 3.8) is 0 Å². The number of carbonyl (C=O) groups excluding carboxylic acids is 1. The normalized spacial score (nSPS) is 13.1. The van der Waals surface area contributed by atoms with Gasteiger partial charge in [-0.1, -0.05) is 17.7 Å². The zero-order chi connectivity index (χ0) is 14.6. The molecule has 0 unspecified atom stereocenters. The lowest BCUT2D eigenvalue weighted by atomic mass is 9.87. The van der Waals surface area contributed by atoms with Gasteiger partial charge < -0.3 is 16.2 Å². The standard InChI is InChI=1S/C14H21FN2O2/c1-9-4-5-12(15)11(6-9)10(8-16)7-14(2,3)19-13(17)18/h4-6,10H,7-8,16H2,1-3H3,(H2,17,18)/t10-/m0/s1. The minimum absolute atomic E-state index is 0.228. The summed E-state index contributed by atoms with van der Waals surface area (Å²) in [5.41, 5.74) is 11.5. The number of hydrogen-bond acceptors (Lipinski definition) is 3. The van der Waals surface area contributed by atoms with Crippen LogP contribution in [0.5, 0.6) is 0 Å². The molecule has 106 valence electrons. The Kier molecular flexibility index (Phi) is 4.89. The van der Waals surface area contributed by atoms with E-state index in [4.69, 9.17) is 16.2 Å². The van der Waals surface area contributed by atoms with Crippen molar-refractivity contribution in [3.8, 4) is 0 Å². The van der Waals surface area contributed by atoms with Gasteiger partial charge in [-0.2, -0.15) is 0 Å². The van der Waals surface area contributed by atoms with Gasteiger partial charge in [0, 0.05) is 5.92 Å². The fraction of sp³-hybridized carbons (Fsp3) is 0.500. The molecule has 0 bridgehead atoms. The monoisotopic (exact) mass is 268 g/mol. The Morgan fingerprint density at radius 2 is 2.11 bits per heavy atom. The Bertz CT molecular complexity index is 461. The molecule has 4 N–H and O–H groups in total. The molecule has 0 aliphatic rings. The van der Waals surface area contributed by atoms with E-state index in [-0.39, 0.29) is 18.3 Å². The van der Waals surface area contributed by atoms with Crippen molar-refractivity contribution in [3.05, 3.63) is 35.1 Å². The second kappa shape index (κ2) is 6.02. The molecule has 0 saturated heterocycles. The summed E-state index contributed by atoms with van der Waals surface area (Å²) in [4.78, 5) is 10.8. The third-order valence-corrected chi connectivity index (χ3v) is 2.99. The Hall–Kier alpha value is -1.62. The van der Waals surface area contributed by atoms with Gasteiger partial charge in [0.05, 0.1) is 0 Å². The largest absolute Gasteiger partial charge is 0.444 e. The van der Waals surface area contributed by atoms with Gasteiger partial charge >= 0.3 is 6.09 Å². The summed E-state index contributed by atoms with van der Waals surface area (Å²) in [6.07, 6.45) is -0.433. The van der Waals surface area contributed by atoms with Crippen molar-refractivity contribution >= 4 is 6.09 Å². The van der Waals surface area contributed by atoms with Crippen LogP contribution in [0.3, 0.4) is 0 Å². The zero-order valence-electron chi connectivity index (χ0n) is 11.6. The van der Waals surface area contributed by atoms with Crippen LogP contribution in [-0.4, -0.2) is 18.2 Å². The van der Waals surface area contributed by atoms with Gasteiger partial charge in [-0.05, 0) is 45.4 Å². The minimum atomic E-state index is -0.842. The molecule has 1 atom stereocenters. The SMILES string of the molecule is Cc1ccc(F)c([C@H](CN)CC(C)(C)OC(N)=O)c1. The number of halogens is 1. The first-order chi connectivity index (χ1) is 8.75. The van der Waals surface area contributed by atoms with E-state index in [9.17, 15) is 9.18 Å². The Balaban J connectivity index is 2.95. The van der Waals surface area contributed by atoms with E-state index in [0.717, 1.165) is 5.56 Å². The molecule has 0 aromatic heterocycles. The van der Waals surface area contributed by atoms with E-state index >= 15 is 0 Å². The molecule has 0 spiro atoms. The highest BCUT2D eigenvalue weighted by Gasteiger charge is 2.28. The summed E-state index contributed by atoms with van der Waals surface area (Å²) in [6, 6.07) is 4.90. The summed E-state index contributed by atoms with van der Waals surface area (Å²) in [6.45, 7) is 5.62. The molecule has 0 aliphatic heterocycles. The van der Waals surface area contributed by atoms with E-state index < -0.39 is 11.7 Å². The molecule has 1 amide bonds. The number of carbonyl (C=O) groups is 1. The van der Waals surface area contributed by atoms with Crippen molar-refractivity contribution < 1.29 is 13.9 Å². The average Bonchev–Trinajstić information content (AvgIpc) is 2.27. The van der Waals surface area contributed by atoms with Gasteiger partial charge in [0.25, 0.3) is 0 Å². The van der Waals surface area contributed by atoms with Gasteiger partial charge in [-0.25, -0.2) is 9.18 Å². The van der Waals surface area contributed by atoms with Crippen molar-refractivity contribution in [1.29, 1.82) is 0 Å². The van der Waals surface area contributed by atoms with Crippen LogP contribution in [-0.2, 0) is 4.74 Å². The summed E-state index contributed by atoms with van der Waals surface area (Å²) >= 11 is 0. The fourth-order valence-corrected chi connectivity index (χ4v) is 2.20. The van der Waals surface area contributed by atoms with Gasteiger partial charge in [-0.15, -0.1) is 0 Å². The summed E-state index contributed by atoms with van der Waals surface area (Å²) in [7, 11) is 0. The van der Waals surface area contributed by atoms with Gasteiger partial charge in [0.15, 0.2) is 0 Å². The number of amides is 1. The number of hydrogen-bond donors (Lipinski definition) is 2. The highest BCUT2D eigenvalue weighted by molar-refractivity contribution is 5.65. The molecular formula is C14H21FN2O2. The molecule has 1 rings (SSSR count). The number of nitrogens with two attached hydrogens (primary N) is 2. The van der Waals surface area contributed by atoms with E-state index in [1.807, 2.05) is 6.92 Å². The highest BCUT2D eigenvalue weighted by atomic mass is 19.1. The van der Waals surface area contributed by atoms with Crippen molar-refractivity contribution in [2.75, 3.05) is 6.54 Å². The maximum absolute atomic E-state index is 13.9. The highest BCUT2D eigenvalue weighted by Crippen LogP contribution is 2.29. The molecule has 0 radical (unpaired) electrons. The molecule has 0 heterocycles. The van der Waals surface area contributed by atoms with Crippen LogP contribution in [0.4, 0.5) is 9.18 Å². The van der Waals surface area contributed by atoms with Crippen molar-refractivity contribution in [2.24, 2.45) is 11.5 Å². The number of rotatable bonds is 5. The molecule has 0 saturated carbocycles. The molecular weight excluding hydrogens is 247 g/mol. The first-order valence-electron chi connectivity index (χ1n) is 6.20. The van der Waals surface area contributed by atoms with E-state index in [1.54, 1.807) is 26.0 Å². The van der Waals surface area contributed by atoms with Gasteiger partial charge in [0.1, 0.15) is 11.4 Å². The van der Waals surface area contributed by atoms with Crippen molar-refractivity contribution in [1.82, 2.24) is 0 Å². The Morgan fingerprint density at radius 3 is 2.63 bits per heavy atom. The molecule has 0 aliphatic carbocycles. The van der Waals surface area contributed by atoms with Crippen LogP contribution < -0.4 is 11.5 Å². The van der Waals surface area contributed by atoms with Crippen LogP contribution in [0.25, 0.3) is 0 Å². The topological polar surface area (TPSA) is 78.3 Å². The maximum atomic E-state index is 13.9. The first-order valence-corrected chi connectivity index (χ1v) is 6.20. The predicted octanol–water partition coefficient (Wildman–Crippen LogP) is 2.44. The number of ether oxygens (including phenoxy) is 1. The number of aryl methyl sites for hydroxylation is 1. The average molecular weight is 268 g/mol. The van der Waals surface area contributed by atoms with Crippen molar-refractivity contribution in [2.45, 2.75) is 38.7 Å². The van der Waals surface area contributed by atoms with Crippen LogP contribution >= 0.6 is 0 Å². The van der Waals surface area contributed by atoms with Crippen LogP contribution in [0.2, 0.25) is 0 Å². The second-order valence-electron chi connectivity index (χ2n) is 5.34. The number of primary amides is 1. The third kappa shape index (κ3) is 4.52. The fourth-order valence-electron chi connectivity index (χ4n) is 2.20. The van der Waals surface area contributed by atoms with Gasteiger partial charge in [0.2, 0.25) is 0 Å². The molecule has 1 aromatic carbocycles. The smallest absolute Gasteiger partial charge is 0.405 e. The first kappa shape index (κ1) is 15.4. The maximum Gasteiger partial charge on any atom is 0.405 e. The summed E-state index contributed by atoms with van der Waals surface area (Å²) in [5.74, 6) is -0.523. The molecule has 4 nitrogen and oxygen atoms in total. The molecule has 1 aromatic rings. The zero-order valence-corrected chi connectivity index (χ0v) is 11.6. The lowest BCUT2D eigenvalue weighted by Crippen LogP contribution is -2.34. The van der Waals surface area contributed by atoms with E-state index in [0.29, 0.717) is 12.0 Å². The van der Waals surface area contributed by atoms with Crippen LogP contribution in [0.15, 0.2) is 18.2 Å². The molecule has 5 heteroatoms. The summed E-state index contributed by atoms with van der Waals surface area (Å²) < 4.78 is 18.9. The van der Waals surface area contributed by atoms with E-state index in [2.05, 4.69) is 0 Å². The minimum Gasteiger partial charge on any atom is -0.444 e. The third-order valence-electron chi connectivity index (χ3n) is 2.99.